The molecule has 1 aromatic rings. The molecule has 0 N–H and O–H groups in total. The molecule has 1 aliphatic rings. The van der Waals surface area contributed by atoms with Crippen molar-refractivity contribution in [2.75, 3.05) is 19.7 Å². The van der Waals surface area contributed by atoms with Crippen LogP contribution in [0.4, 0.5) is 4.39 Å². The maximum Gasteiger partial charge on any atom is 0.313 e. The van der Waals surface area contributed by atoms with Crippen LogP contribution >= 0.6 is 11.6 Å². The summed E-state index contributed by atoms with van der Waals surface area (Å²) in [6.45, 7) is 4.73. The van der Waals surface area contributed by atoms with Crippen molar-refractivity contribution in [2.45, 2.75) is 26.7 Å². The SMILES string of the molecule is CCOC(=O)C1(C)CCCN(C(=O)c2ccc(F)c(Cl)c2)C1. The Morgan fingerprint density at radius 3 is 2.82 bits per heavy atom. The van der Waals surface area contributed by atoms with Crippen molar-refractivity contribution >= 4 is 23.5 Å². The number of hydrogen-bond donors (Lipinski definition) is 0. The molecule has 0 bridgehead atoms. The van der Waals surface area contributed by atoms with Crippen molar-refractivity contribution in [2.24, 2.45) is 5.41 Å². The lowest BCUT2D eigenvalue weighted by Gasteiger charge is -2.38. The van der Waals surface area contributed by atoms with Gasteiger partial charge < -0.3 is 9.64 Å². The molecule has 0 saturated carbocycles. The highest BCUT2D eigenvalue weighted by Gasteiger charge is 2.40. The lowest BCUT2D eigenvalue weighted by molar-refractivity contribution is -0.157. The van der Waals surface area contributed by atoms with Gasteiger partial charge in [-0.1, -0.05) is 11.6 Å². The molecule has 1 unspecified atom stereocenters. The molecule has 1 aromatic carbocycles. The Labute approximate surface area is 134 Å². The second kappa shape index (κ2) is 6.65. The van der Waals surface area contributed by atoms with Crippen LogP contribution in [0.2, 0.25) is 5.02 Å². The standard InChI is InChI=1S/C16H19ClFNO3/c1-3-22-15(21)16(2)7-4-8-19(10-16)14(20)11-5-6-13(18)12(17)9-11/h5-6,9H,3-4,7-8,10H2,1-2H3. The first kappa shape index (κ1) is 16.7. The monoisotopic (exact) mass is 327 g/mol. The molecule has 22 heavy (non-hydrogen) atoms. The number of esters is 1. The highest BCUT2D eigenvalue weighted by Crippen LogP contribution is 2.32. The minimum absolute atomic E-state index is 0.0870. The third-order valence-corrected chi connectivity index (χ3v) is 4.21. The summed E-state index contributed by atoms with van der Waals surface area (Å²) in [5, 5.41) is -0.0870. The zero-order valence-electron chi connectivity index (χ0n) is 12.7. The van der Waals surface area contributed by atoms with Crippen LogP contribution in [0.3, 0.4) is 0 Å². The summed E-state index contributed by atoms with van der Waals surface area (Å²) in [6, 6.07) is 3.89. The number of ether oxygens (including phenoxy) is 1. The van der Waals surface area contributed by atoms with Gasteiger partial charge in [0.05, 0.1) is 17.0 Å². The van der Waals surface area contributed by atoms with E-state index < -0.39 is 11.2 Å². The normalized spacial score (nSPS) is 21.5. The van der Waals surface area contributed by atoms with E-state index in [4.69, 9.17) is 16.3 Å². The Kier molecular flexibility index (Phi) is 5.06. The highest BCUT2D eigenvalue weighted by molar-refractivity contribution is 6.31. The highest BCUT2D eigenvalue weighted by atomic mass is 35.5. The number of hydrogen-bond acceptors (Lipinski definition) is 3. The van der Waals surface area contributed by atoms with Gasteiger partial charge in [-0.25, -0.2) is 4.39 Å². The smallest absolute Gasteiger partial charge is 0.313 e. The summed E-state index contributed by atoms with van der Waals surface area (Å²) in [5.74, 6) is -1.10. The molecule has 0 radical (unpaired) electrons. The Hall–Kier alpha value is -1.62. The summed E-state index contributed by atoms with van der Waals surface area (Å²) in [4.78, 5) is 26.2. The Morgan fingerprint density at radius 2 is 2.18 bits per heavy atom. The van der Waals surface area contributed by atoms with Gasteiger partial charge in [0.1, 0.15) is 5.82 Å². The van der Waals surface area contributed by atoms with Crippen molar-refractivity contribution in [3.63, 3.8) is 0 Å². The van der Waals surface area contributed by atoms with Gasteiger partial charge in [0.15, 0.2) is 0 Å². The van der Waals surface area contributed by atoms with E-state index in [0.29, 0.717) is 31.7 Å². The molecule has 120 valence electrons. The second-order valence-electron chi connectivity index (χ2n) is 5.74. The predicted octanol–water partition coefficient (Wildman–Crippen LogP) is 3.28. The molecule has 4 nitrogen and oxygen atoms in total. The van der Waals surface area contributed by atoms with Gasteiger partial charge in [-0.3, -0.25) is 9.59 Å². The minimum Gasteiger partial charge on any atom is -0.466 e. The van der Waals surface area contributed by atoms with Gasteiger partial charge in [-0.2, -0.15) is 0 Å². The first-order valence-electron chi connectivity index (χ1n) is 7.29. The minimum atomic E-state index is -0.701. The van der Waals surface area contributed by atoms with Crippen LogP contribution < -0.4 is 0 Å². The third kappa shape index (κ3) is 3.40. The van der Waals surface area contributed by atoms with Crippen molar-refractivity contribution in [1.82, 2.24) is 4.90 Å². The molecule has 0 spiro atoms. The quantitative estimate of drug-likeness (QED) is 0.800. The van der Waals surface area contributed by atoms with Gasteiger partial charge in [-0.15, -0.1) is 0 Å². The second-order valence-corrected chi connectivity index (χ2v) is 6.15. The summed E-state index contributed by atoms with van der Waals surface area (Å²) >= 11 is 5.72. The fraction of sp³-hybridized carbons (Fsp3) is 0.500. The van der Waals surface area contributed by atoms with Crippen LogP contribution in [0.5, 0.6) is 0 Å². The molecule has 1 atom stereocenters. The zero-order valence-corrected chi connectivity index (χ0v) is 13.5. The Balaban J connectivity index is 2.16. The van der Waals surface area contributed by atoms with E-state index >= 15 is 0 Å². The molecule has 0 aliphatic carbocycles. The summed E-state index contributed by atoms with van der Waals surface area (Å²) in [7, 11) is 0. The molecule has 1 fully saturated rings. The number of amides is 1. The fourth-order valence-electron chi connectivity index (χ4n) is 2.70. The maximum absolute atomic E-state index is 13.2. The number of benzene rings is 1. The fourth-order valence-corrected chi connectivity index (χ4v) is 2.88. The number of halogens is 2. The van der Waals surface area contributed by atoms with E-state index in [9.17, 15) is 14.0 Å². The number of rotatable bonds is 3. The predicted molar refractivity (Wildman–Crippen MR) is 81.3 cm³/mol. The van der Waals surface area contributed by atoms with Crippen molar-refractivity contribution in [1.29, 1.82) is 0 Å². The Bertz CT molecular complexity index is 593. The van der Waals surface area contributed by atoms with E-state index in [1.807, 2.05) is 6.92 Å². The van der Waals surface area contributed by atoms with Crippen LogP contribution in [-0.4, -0.2) is 36.5 Å². The molecular weight excluding hydrogens is 309 g/mol. The van der Waals surface area contributed by atoms with Crippen molar-refractivity contribution < 1.29 is 18.7 Å². The average molecular weight is 328 g/mol. The average Bonchev–Trinajstić information content (AvgIpc) is 2.49. The number of piperidine rings is 1. The van der Waals surface area contributed by atoms with E-state index in [1.165, 1.54) is 18.2 Å². The van der Waals surface area contributed by atoms with Crippen LogP contribution in [-0.2, 0) is 9.53 Å². The molecule has 1 aliphatic heterocycles. The van der Waals surface area contributed by atoms with Crippen molar-refractivity contribution in [3.05, 3.63) is 34.6 Å². The summed E-state index contributed by atoms with van der Waals surface area (Å²) in [5.41, 5.74) is -0.382. The number of nitrogens with zero attached hydrogens (tertiary/aromatic N) is 1. The maximum atomic E-state index is 13.2. The lowest BCUT2D eigenvalue weighted by Crippen LogP contribution is -2.49. The molecule has 1 heterocycles. The molecular formula is C16H19ClFNO3. The van der Waals surface area contributed by atoms with Gasteiger partial charge in [0.25, 0.3) is 5.91 Å². The molecule has 1 saturated heterocycles. The van der Waals surface area contributed by atoms with E-state index in [1.54, 1.807) is 11.8 Å². The first-order valence-corrected chi connectivity index (χ1v) is 7.67. The lowest BCUT2D eigenvalue weighted by atomic mass is 9.81. The third-order valence-electron chi connectivity index (χ3n) is 3.92. The van der Waals surface area contributed by atoms with E-state index in [0.717, 1.165) is 6.42 Å². The summed E-state index contributed by atoms with van der Waals surface area (Å²) in [6.07, 6.45) is 1.40. The van der Waals surface area contributed by atoms with E-state index in [2.05, 4.69) is 0 Å². The number of carbonyl (C=O) groups excluding carboxylic acids is 2. The first-order chi connectivity index (χ1) is 10.4. The largest absolute Gasteiger partial charge is 0.466 e. The molecule has 0 aromatic heterocycles. The summed E-state index contributed by atoms with van der Waals surface area (Å²) < 4.78 is 18.3. The van der Waals surface area contributed by atoms with E-state index in [-0.39, 0.29) is 16.9 Å². The van der Waals surface area contributed by atoms with Crippen molar-refractivity contribution in [3.8, 4) is 0 Å². The zero-order chi connectivity index (χ0) is 16.3. The molecule has 1 amide bonds. The van der Waals surface area contributed by atoms with Crippen LogP contribution in [0.15, 0.2) is 18.2 Å². The van der Waals surface area contributed by atoms with Gasteiger partial charge >= 0.3 is 5.97 Å². The topological polar surface area (TPSA) is 46.6 Å². The number of likely N-dealkylation sites (tertiary alicyclic amines) is 1. The molecule has 6 heteroatoms. The Morgan fingerprint density at radius 1 is 1.45 bits per heavy atom. The van der Waals surface area contributed by atoms with Crippen LogP contribution in [0.25, 0.3) is 0 Å². The van der Waals surface area contributed by atoms with Gasteiger partial charge in [0.2, 0.25) is 0 Å². The molecule has 2 rings (SSSR count). The van der Waals surface area contributed by atoms with Crippen LogP contribution in [0, 0.1) is 11.2 Å². The van der Waals surface area contributed by atoms with Gasteiger partial charge in [-0.05, 0) is 44.9 Å². The van der Waals surface area contributed by atoms with Gasteiger partial charge in [0, 0.05) is 18.7 Å². The van der Waals surface area contributed by atoms with Crippen LogP contribution in [0.1, 0.15) is 37.0 Å². The number of carbonyl (C=O) groups is 2.